The van der Waals surface area contributed by atoms with E-state index in [1.54, 1.807) is 12.1 Å². The van der Waals surface area contributed by atoms with Gasteiger partial charge in [0.2, 0.25) is 0 Å². The molecule has 0 heterocycles. The number of halogens is 1. The molecule has 5 nitrogen and oxygen atoms in total. The van der Waals surface area contributed by atoms with Gasteiger partial charge >= 0.3 is 0 Å². The van der Waals surface area contributed by atoms with Gasteiger partial charge in [-0.2, -0.15) is 0 Å². The molecule has 88 valence electrons. The van der Waals surface area contributed by atoms with Crippen LogP contribution in [0.15, 0.2) is 22.7 Å². The molecule has 0 spiro atoms. The monoisotopic (exact) mass is 288 g/mol. The molecule has 0 aliphatic heterocycles. The van der Waals surface area contributed by atoms with E-state index >= 15 is 0 Å². The fourth-order valence-electron chi connectivity index (χ4n) is 1.21. The molecule has 6 heteroatoms. The molecule has 16 heavy (non-hydrogen) atoms. The van der Waals surface area contributed by atoms with Crippen molar-refractivity contribution in [2.45, 2.75) is 6.92 Å². The van der Waals surface area contributed by atoms with Crippen molar-refractivity contribution >= 4 is 27.3 Å². The van der Waals surface area contributed by atoms with Crippen LogP contribution in [-0.2, 0) is 4.74 Å². The van der Waals surface area contributed by atoms with Gasteiger partial charge in [-0.25, -0.2) is 0 Å². The van der Waals surface area contributed by atoms with Crippen molar-refractivity contribution in [2.75, 3.05) is 25.1 Å². The highest BCUT2D eigenvalue weighted by molar-refractivity contribution is 9.10. The Morgan fingerprint density at radius 3 is 2.94 bits per heavy atom. The summed E-state index contributed by atoms with van der Waals surface area (Å²) in [4.78, 5) is 10.4. The molecule has 0 saturated carbocycles. The Hall–Kier alpha value is -1.14. The van der Waals surface area contributed by atoms with Crippen molar-refractivity contribution in [3.8, 4) is 0 Å². The third-order valence-corrected chi connectivity index (χ3v) is 2.42. The van der Waals surface area contributed by atoms with Crippen LogP contribution in [0.5, 0.6) is 0 Å². The lowest BCUT2D eigenvalue weighted by Crippen LogP contribution is -2.10. The van der Waals surface area contributed by atoms with Gasteiger partial charge in [-0.1, -0.05) is 15.9 Å². The average molecular weight is 289 g/mol. The molecule has 0 fully saturated rings. The molecule has 0 amide bonds. The van der Waals surface area contributed by atoms with Crippen LogP contribution in [0.4, 0.5) is 11.4 Å². The number of nitro groups is 1. The van der Waals surface area contributed by atoms with Gasteiger partial charge in [0, 0.05) is 23.7 Å². The van der Waals surface area contributed by atoms with Crippen LogP contribution in [0.25, 0.3) is 0 Å². The number of nitro benzene ring substituents is 1. The van der Waals surface area contributed by atoms with Crippen LogP contribution < -0.4 is 5.32 Å². The fourth-order valence-corrected chi connectivity index (χ4v) is 1.56. The van der Waals surface area contributed by atoms with E-state index in [4.69, 9.17) is 4.74 Å². The third kappa shape index (κ3) is 3.79. The molecule has 1 rings (SSSR count). The van der Waals surface area contributed by atoms with E-state index in [9.17, 15) is 10.1 Å². The maximum absolute atomic E-state index is 10.8. The second kappa shape index (κ2) is 6.44. The van der Waals surface area contributed by atoms with Crippen molar-refractivity contribution in [3.05, 3.63) is 32.8 Å². The summed E-state index contributed by atoms with van der Waals surface area (Å²) in [5, 5.41) is 13.7. The zero-order valence-electron chi connectivity index (χ0n) is 8.90. The molecule has 0 radical (unpaired) electrons. The number of ether oxygens (including phenoxy) is 1. The first-order valence-corrected chi connectivity index (χ1v) is 5.70. The van der Waals surface area contributed by atoms with Gasteiger partial charge < -0.3 is 10.1 Å². The number of rotatable bonds is 6. The lowest BCUT2D eigenvalue weighted by molar-refractivity contribution is -0.384. The minimum atomic E-state index is -0.409. The minimum absolute atomic E-state index is 0.0610. The Balaban J connectivity index is 2.67. The average Bonchev–Trinajstić information content (AvgIpc) is 2.26. The quantitative estimate of drug-likeness (QED) is 0.497. The summed E-state index contributed by atoms with van der Waals surface area (Å²) >= 11 is 3.20. The first-order chi connectivity index (χ1) is 7.65. The summed E-state index contributed by atoms with van der Waals surface area (Å²) in [5.74, 6) is 0. The number of benzene rings is 1. The predicted molar refractivity (Wildman–Crippen MR) is 65.8 cm³/mol. The normalized spacial score (nSPS) is 10.1. The van der Waals surface area contributed by atoms with Gasteiger partial charge in [0.25, 0.3) is 5.69 Å². The second-order valence-corrected chi connectivity index (χ2v) is 3.96. The van der Waals surface area contributed by atoms with E-state index in [1.165, 1.54) is 6.07 Å². The van der Waals surface area contributed by atoms with Crippen LogP contribution in [0.3, 0.4) is 0 Å². The predicted octanol–water partition coefficient (Wildman–Crippen LogP) is 2.81. The first kappa shape index (κ1) is 12.9. The zero-order chi connectivity index (χ0) is 12.0. The van der Waals surface area contributed by atoms with Gasteiger partial charge in [0.05, 0.1) is 11.5 Å². The van der Waals surface area contributed by atoms with Gasteiger partial charge in [0.1, 0.15) is 5.69 Å². The molecule has 1 N–H and O–H groups in total. The van der Waals surface area contributed by atoms with Crippen molar-refractivity contribution in [1.29, 1.82) is 0 Å². The molecule has 0 unspecified atom stereocenters. The summed E-state index contributed by atoms with van der Waals surface area (Å²) in [7, 11) is 0. The number of nitrogens with one attached hydrogen (secondary N) is 1. The molecule has 0 aliphatic rings. The number of anilines is 1. The standard InChI is InChI=1S/C10H13BrN2O3/c1-2-16-6-5-12-9-4-3-8(11)7-10(9)13(14)15/h3-4,7,12H,2,5-6H2,1H3. The highest BCUT2D eigenvalue weighted by atomic mass is 79.9. The summed E-state index contributed by atoms with van der Waals surface area (Å²) in [5.41, 5.74) is 0.568. The first-order valence-electron chi connectivity index (χ1n) is 4.90. The fraction of sp³-hybridized carbons (Fsp3) is 0.400. The zero-order valence-corrected chi connectivity index (χ0v) is 10.5. The van der Waals surface area contributed by atoms with E-state index in [-0.39, 0.29) is 5.69 Å². The van der Waals surface area contributed by atoms with Crippen molar-refractivity contribution < 1.29 is 9.66 Å². The molecule has 1 aromatic rings. The van der Waals surface area contributed by atoms with Crippen LogP contribution in [-0.4, -0.2) is 24.7 Å². The lowest BCUT2D eigenvalue weighted by atomic mass is 10.2. The van der Waals surface area contributed by atoms with E-state index < -0.39 is 4.92 Å². The third-order valence-electron chi connectivity index (χ3n) is 1.92. The second-order valence-electron chi connectivity index (χ2n) is 3.04. The van der Waals surface area contributed by atoms with Crippen molar-refractivity contribution in [2.24, 2.45) is 0 Å². The molecule has 1 aromatic carbocycles. The lowest BCUT2D eigenvalue weighted by Gasteiger charge is -2.07. The van der Waals surface area contributed by atoms with Gasteiger partial charge in [0.15, 0.2) is 0 Å². The van der Waals surface area contributed by atoms with Crippen LogP contribution >= 0.6 is 15.9 Å². The molecular weight excluding hydrogens is 276 g/mol. The Labute approximate surface area is 102 Å². The maximum atomic E-state index is 10.8. The molecule has 0 aliphatic carbocycles. The van der Waals surface area contributed by atoms with Gasteiger partial charge in [-0.15, -0.1) is 0 Å². The van der Waals surface area contributed by atoms with Gasteiger partial charge in [-0.05, 0) is 19.1 Å². The number of hydrogen-bond acceptors (Lipinski definition) is 4. The highest BCUT2D eigenvalue weighted by Crippen LogP contribution is 2.27. The number of nitrogens with zero attached hydrogens (tertiary/aromatic N) is 1. The Bertz CT molecular complexity index is 371. The molecule has 0 saturated heterocycles. The Morgan fingerprint density at radius 2 is 2.31 bits per heavy atom. The molecule has 0 atom stereocenters. The Morgan fingerprint density at radius 1 is 1.56 bits per heavy atom. The summed E-state index contributed by atoms with van der Waals surface area (Å²) in [6, 6.07) is 4.91. The SMILES string of the molecule is CCOCCNc1ccc(Br)cc1[N+](=O)[O-]. The topological polar surface area (TPSA) is 64.4 Å². The van der Waals surface area contributed by atoms with Crippen molar-refractivity contribution in [3.63, 3.8) is 0 Å². The van der Waals surface area contributed by atoms with E-state index in [0.717, 1.165) is 0 Å². The van der Waals surface area contributed by atoms with Crippen LogP contribution in [0, 0.1) is 10.1 Å². The van der Waals surface area contributed by atoms with E-state index in [1.807, 2.05) is 6.92 Å². The van der Waals surface area contributed by atoms with E-state index in [0.29, 0.717) is 29.9 Å². The Kier molecular flexibility index (Phi) is 5.21. The smallest absolute Gasteiger partial charge is 0.293 e. The summed E-state index contributed by atoms with van der Waals surface area (Å²) in [6.45, 7) is 3.63. The summed E-state index contributed by atoms with van der Waals surface area (Å²) < 4.78 is 5.83. The number of hydrogen-bond donors (Lipinski definition) is 1. The van der Waals surface area contributed by atoms with Crippen LogP contribution in [0.2, 0.25) is 0 Å². The molecular formula is C10H13BrN2O3. The van der Waals surface area contributed by atoms with Crippen molar-refractivity contribution in [1.82, 2.24) is 0 Å². The minimum Gasteiger partial charge on any atom is -0.380 e. The largest absolute Gasteiger partial charge is 0.380 e. The molecule has 0 bridgehead atoms. The van der Waals surface area contributed by atoms with E-state index in [2.05, 4.69) is 21.2 Å². The maximum Gasteiger partial charge on any atom is 0.293 e. The summed E-state index contributed by atoms with van der Waals surface area (Å²) in [6.07, 6.45) is 0. The molecule has 0 aromatic heterocycles. The van der Waals surface area contributed by atoms with Gasteiger partial charge in [-0.3, -0.25) is 10.1 Å². The van der Waals surface area contributed by atoms with Crippen LogP contribution in [0.1, 0.15) is 6.92 Å². The highest BCUT2D eigenvalue weighted by Gasteiger charge is 2.13.